The summed E-state index contributed by atoms with van der Waals surface area (Å²) in [5, 5.41) is 4.00. The lowest BCUT2D eigenvalue weighted by molar-refractivity contribution is 0.0784. The standard InChI is InChI=1S/C13H15ClN4O2/c1-7-11(8(2)20-17-7)6-18(3)13(19)10-4-9(15)5-16-12(10)14/h4-5H,6,15H2,1-3H3. The Bertz CT molecular complexity index is 634. The van der Waals surface area contributed by atoms with E-state index in [9.17, 15) is 4.79 Å². The number of halogens is 1. The van der Waals surface area contributed by atoms with E-state index in [0.29, 0.717) is 18.0 Å². The number of pyridine rings is 1. The summed E-state index contributed by atoms with van der Waals surface area (Å²) in [6, 6.07) is 1.52. The number of rotatable bonds is 3. The number of nitrogen functional groups attached to an aromatic ring is 1. The molecule has 0 bridgehead atoms. The van der Waals surface area contributed by atoms with Crippen molar-refractivity contribution in [1.29, 1.82) is 0 Å². The first-order chi connectivity index (χ1) is 9.40. The third-order valence-electron chi connectivity index (χ3n) is 3.01. The summed E-state index contributed by atoms with van der Waals surface area (Å²) in [5.41, 5.74) is 7.95. The van der Waals surface area contributed by atoms with E-state index in [0.717, 1.165) is 11.3 Å². The average molecular weight is 295 g/mol. The second-order valence-electron chi connectivity index (χ2n) is 4.57. The Morgan fingerprint density at radius 3 is 2.80 bits per heavy atom. The van der Waals surface area contributed by atoms with E-state index in [1.807, 2.05) is 13.8 Å². The lowest BCUT2D eigenvalue weighted by atomic mass is 10.1. The zero-order valence-corrected chi connectivity index (χ0v) is 12.2. The fraction of sp³-hybridized carbons (Fsp3) is 0.308. The number of aryl methyl sites for hydroxylation is 2. The molecule has 7 heteroatoms. The highest BCUT2D eigenvalue weighted by atomic mass is 35.5. The first-order valence-electron chi connectivity index (χ1n) is 5.98. The van der Waals surface area contributed by atoms with Gasteiger partial charge in [0.2, 0.25) is 0 Å². The molecule has 0 aromatic carbocycles. The molecule has 0 atom stereocenters. The van der Waals surface area contributed by atoms with E-state index in [1.165, 1.54) is 17.2 Å². The van der Waals surface area contributed by atoms with Crippen molar-refractivity contribution in [3.05, 3.63) is 40.0 Å². The minimum absolute atomic E-state index is 0.134. The van der Waals surface area contributed by atoms with E-state index >= 15 is 0 Å². The van der Waals surface area contributed by atoms with Crippen LogP contribution in [0.1, 0.15) is 27.4 Å². The SMILES string of the molecule is Cc1noc(C)c1CN(C)C(=O)c1cc(N)cnc1Cl. The molecule has 2 aromatic rings. The lowest BCUT2D eigenvalue weighted by Crippen LogP contribution is -2.27. The van der Waals surface area contributed by atoms with Gasteiger partial charge in [-0.05, 0) is 19.9 Å². The van der Waals surface area contributed by atoms with Crippen LogP contribution < -0.4 is 5.73 Å². The zero-order valence-electron chi connectivity index (χ0n) is 11.5. The second kappa shape index (κ2) is 5.50. The first-order valence-corrected chi connectivity index (χ1v) is 6.36. The molecule has 20 heavy (non-hydrogen) atoms. The average Bonchev–Trinajstić information content (AvgIpc) is 2.72. The van der Waals surface area contributed by atoms with Crippen LogP contribution >= 0.6 is 11.6 Å². The number of amides is 1. The Morgan fingerprint density at radius 1 is 1.50 bits per heavy atom. The predicted octanol–water partition coefficient (Wildman–Crippen LogP) is 2.19. The summed E-state index contributed by atoms with van der Waals surface area (Å²) >= 11 is 5.93. The van der Waals surface area contributed by atoms with Crippen molar-refractivity contribution >= 4 is 23.2 Å². The minimum atomic E-state index is -0.255. The fourth-order valence-electron chi connectivity index (χ4n) is 1.86. The molecule has 2 N–H and O–H groups in total. The van der Waals surface area contributed by atoms with Crippen molar-refractivity contribution in [2.75, 3.05) is 12.8 Å². The maximum absolute atomic E-state index is 12.4. The van der Waals surface area contributed by atoms with Crippen molar-refractivity contribution in [2.45, 2.75) is 20.4 Å². The number of hydrogen-bond donors (Lipinski definition) is 1. The largest absolute Gasteiger partial charge is 0.397 e. The van der Waals surface area contributed by atoms with Gasteiger partial charge < -0.3 is 15.2 Å². The van der Waals surface area contributed by atoms with Gasteiger partial charge in [-0.3, -0.25) is 4.79 Å². The van der Waals surface area contributed by atoms with Crippen molar-refractivity contribution < 1.29 is 9.32 Å². The molecule has 0 saturated carbocycles. The Labute approximate surface area is 121 Å². The Kier molecular flexibility index (Phi) is 3.94. The van der Waals surface area contributed by atoms with Crippen LogP contribution in [0.5, 0.6) is 0 Å². The molecule has 0 aliphatic heterocycles. The van der Waals surface area contributed by atoms with E-state index in [1.54, 1.807) is 7.05 Å². The molecule has 6 nitrogen and oxygen atoms in total. The lowest BCUT2D eigenvalue weighted by Gasteiger charge is -2.17. The van der Waals surface area contributed by atoms with Crippen LogP contribution in [0.25, 0.3) is 0 Å². The van der Waals surface area contributed by atoms with Crippen molar-refractivity contribution in [3.8, 4) is 0 Å². The van der Waals surface area contributed by atoms with E-state index in [-0.39, 0.29) is 16.6 Å². The Hall–Kier alpha value is -2.08. The van der Waals surface area contributed by atoms with Crippen LogP contribution in [0.15, 0.2) is 16.8 Å². The molecule has 2 rings (SSSR count). The quantitative estimate of drug-likeness (QED) is 0.877. The van der Waals surface area contributed by atoms with Gasteiger partial charge >= 0.3 is 0 Å². The molecule has 0 unspecified atom stereocenters. The fourth-order valence-corrected chi connectivity index (χ4v) is 2.04. The number of nitrogens with two attached hydrogens (primary N) is 1. The van der Waals surface area contributed by atoms with Crippen LogP contribution in [0.4, 0.5) is 5.69 Å². The Morgan fingerprint density at radius 2 is 2.20 bits per heavy atom. The molecular formula is C13H15ClN4O2. The predicted molar refractivity (Wildman–Crippen MR) is 75.4 cm³/mol. The smallest absolute Gasteiger partial charge is 0.257 e. The monoisotopic (exact) mass is 294 g/mol. The molecule has 0 aliphatic rings. The van der Waals surface area contributed by atoms with Gasteiger partial charge in [-0.15, -0.1) is 0 Å². The normalized spacial score (nSPS) is 10.6. The molecule has 106 valence electrons. The summed E-state index contributed by atoms with van der Waals surface area (Å²) in [6.07, 6.45) is 1.41. The molecule has 2 aromatic heterocycles. The topological polar surface area (TPSA) is 85.2 Å². The molecule has 0 fully saturated rings. The summed E-state index contributed by atoms with van der Waals surface area (Å²) in [7, 11) is 1.67. The number of anilines is 1. The maximum Gasteiger partial charge on any atom is 0.257 e. The van der Waals surface area contributed by atoms with E-state index < -0.39 is 0 Å². The highest BCUT2D eigenvalue weighted by Gasteiger charge is 2.19. The molecular weight excluding hydrogens is 280 g/mol. The van der Waals surface area contributed by atoms with Gasteiger partial charge in [-0.2, -0.15) is 0 Å². The number of hydrogen-bond acceptors (Lipinski definition) is 5. The van der Waals surface area contributed by atoms with Gasteiger partial charge in [0.05, 0.1) is 29.7 Å². The summed E-state index contributed by atoms with van der Waals surface area (Å²) in [5.74, 6) is 0.439. The zero-order chi connectivity index (χ0) is 14.9. The van der Waals surface area contributed by atoms with Gasteiger partial charge in [0, 0.05) is 12.6 Å². The van der Waals surface area contributed by atoms with Gasteiger partial charge in [-0.25, -0.2) is 4.98 Å². The highest BCUT2D eigenvalue weighted by molar-refractivity contribution is 6.32. The maximum atomic E-state index is 12.4. The molecule has 2 heterocycles. The van der Waals surface area contributed by atoms with E-state index in [4.69, 9.17) is 21.9 Å². The van der Waals surface area contributed by atoms with Gasteiger partial charge in [0.1, 0.15) is 10.9 Å². The number of carbonyl (C=O) groups is 1. The third-order valence-corrected chi connectivity index (χ3v) is 3.32. The third kappa shape index (κ3) is 2.75. The van der Waals surface area contributed by atoms with Gasteiger partial charge in [0.15, 0.2) is 0 Å². The molecule has 0 radical (unpaired) electrons. The van der Waals surface area contributed by atoms with Crippen molar-refractivity contribution in [1.82, 2.24) is 15.0 Å². The van der Waals surface area contributed by atoms with Crippen molar-refractivity contribution in [2.24, 2.45) is 0 Å². The first kappa shape index (κ1) is 14.3. The van der Waals surface area contributed by atoms with Crippen LogP contribution in [-0.2, 0) is 6.54 Å². The van der Waals surface area contributed by atoms with Gasteiger partial charge in [-0.1, -0.05) is 16.8 Å². The molecule has 0 spiro atoms. The van der Waals surface area contributed by atoms with Crippen molar-refractivity contribution in [3.63, 3.8) is 0 Å². The molecule has 1 amide bonds. The summed E-state index contributed by atoms with van der Waals surface area (Å²) < 4.78 is 5.08. The summed E-state index contributed by atoms with van der Waals surface area (Å²) in [4.78, 5) is 17.8. The summed E-state index contributed by atoms with van der Waals surface area (Å²) in [6.45, 7) is 4.02. The Balaban J connectivity index is 2.23. The number of nitrogens with zero attached hydrogens (tertiary/aromatic N) is 3. The van der Waals surface area contributed by atoms with Crippen LogP contribution in [0.3, 0.4) is 0 Å². The van der Waals surface area contributed by atoms with E-state index in [2.05, 4.69) is 10.1 Å². The van der Waals surface area contributed by atoms with Crippen LogP contribution in [-0.4, -0.2) is 28.0 Å². The second-order valence-corrected chi connectivity index (χ2v) is 4.93. The van der Waals surface area contributed by atoms with Gasteiger partial charge in [0.25, 0.3) is 5.91 Å². The molecule has 0 saturated heterocycles. The van der Waals surface area contributed by atoms with Crippen LogP contribution in [0.2, 0.25) is 5.15 Å². The highest BCUT2D eigenvalue weighted by Crippen LogP contribution is 2.20. The minimum Gasteiger partial charge on any atom is -0.397 e. The molecule has 0 aliphatic carbocycles. The number of carbonyl (C=O) groups excluding carboxylic acids is 1. The number of aromatic nitrogens is 2. The van der Waals surface area contributed by atoms with Crippen LogP contribution in [0, 0.1) is 13.8 Å².